The summed E-state index contributed by atoms with van der Waals surface area (Å²) in [5, 5.41) is 0.0289. The van der Waals surface area contributed by atoms with Crippen molar-refractivity contribution in [1.82, 2.24) is 4.72 Å². The van der Waals surface area contributed by atoms with E-state index in [1.54, 1.807) is 13.2 Å². The smallest absolute Gasteiger partial charge is 0.264 e. The Hall–Kier alpha value is -2.55. The number of carbonyl (C=O) groups is 1. The highest BCUT2D eigenvalue weighted by molar-refractivity contribution is 7.90. The number of anilines is 1. The summed E-state index contributed by atoms with van der Waals surface area (Å²) in [7, 11) is -2.18. The highest BCUT2D eigenvalue weighted by Gasteiger charge is 2.44. The lowest BCUT2D eigenvalue weighted by molar-refractivity contribution is 0.0131. The standard InChI is InChI=1S/C35H45ClN2O5S/c1-22(2)33-23(3)7-5-9-31(42-4)28-13-10-26(28)19-38-20-35(16-6-8-24-17-27(36)12-14-29(24)35)21-43-32-15-11-25(18-30(32)38)34(39)37-44(33,40)41/h5,9,11-12,14-15,17-18,22-23,26,28,31,33H,6-8,10,13,16,19-21H2,1-4H3,(H,37,39)/b9-5+/t23-,26+,28-,31+,33-,35+/m1/s1. The summed E-state index contributed by atoms with van der Waals surface area (Å²) in [6.45, 7) is 7.80. The Morgan fingerprint density at radius 2 is 1.98 bits per heavy atom. The topological polar surface area (TPSA) is 84.9 Å². The average molecular weight is 641 g/mol. The van der Waals surface area contributed by atoms with Gasteiger partial charge in [-0.3, -0.25) is 4.79 Å². The molecule has 1 amide bonds. The number of benzene rings is 2. The van der Waals surface area contributed by atoms with Crippen LogP contribution >= 0.6 is 11.6 Å². The van der Waals surface area contributed by atoms with Crippen LogP contribution in [0.4, 0.5) is 5.69 Å². The highest BCUT2D eigenvalue weighted by Crippen LogP contribution is 2.47. The Morgan fingerprint density at radius 3 is 2.70 bits per heavy atom. The van der Waals surface area contributed by atoms with Gasteiger partial charge in [0, 0.05) is 36.2 Å². The molecule has 2 aliphatic carbocycles. The van der Waals surface area contributed by atoms with Crippen molar-refractivity contribution in [3.05, 3.63) is 70.3 Å². The summed E-state index contributed by atoms with van der Waals surface area (Å²) in [4.78, 5) is 16.0. The third-order valence-corrected chi connectivity index (χ3v) is 13.0. The molecular weight excluding hydrogens is 596 g/mol. The van der Waals surface area contributed by atoms with Gasteiger partial charge in [-0.1, -0.05) is 50.6 Å². The number of allylic oxidation sites excluding steroid dienone is 1. The number of halogens is 1. The molecule has 9 heteroatoms. The van der Waals surface area contributed by atoms with Crippen molar-refractivity contribution in [2.45, 2.75) is 76.1 Å². The number of fused-ring (bicyclic) bond motifs is 4. The van der Waals surface area contributed by atoms with Gasteiger partial charge >= 0.3 is 0 Å². The van der Waals surface area contributed by atoms with Gasteiger partial charge in [-0.05, 0) is 104 Å². The van der Waals surface area contributed by atoms with E-state index in [-0.39, 0.29) is 23.4 Å². The van der Waals surface area contributed by atoms with Crippen molar-refractivity contribution in [1.29, 1.82) is 0 Å². The molecule has 2 heterocycles. The fraction of sp³-hybridized carbons (Fsp3) is 0.571. The summed E-state index contributed by atoms with van der Waals surface area (Å²) in [5.41, 5.74) is 3.48. The van der Waals surface area contributed by atoms with Crippen LogP contribution in [-0.2, 0) is 26.6 Å². The van der Waals surface area contributed by atoms with Crippen LogP contribution in [0.25, 0.3) is 0 Å². The van der Waals surface area contributed by atoms with Crippen molar-refractivity contribution in [2.24, 2.45) is 23.7 Å². The van der Waals surface area contributed by atoms with Crippen molar-refractivity contribution in [3.8, 4) is 5.75 Å². The van der Waals surface area contributed by atoms with E-state index < -0.39 is 21.2 Å². The number of hydrogen-bond donors (Lipinski definition) is 1. The van der Waals surface area contributed by atoms with E-state index in [9.17, 15) is 13.2 Å². The van der Waals surface area contributed by atoms with Crippen LogP contribution in [0.2, 0.25) is 5.02 Å². The minimum atomic E-state index is -3.95. The molecule has 2 aromatic carbocycles. The molecule has 0 aromatic heterocycles. The van der Waals surface area contributed by atoms with Crippen LogP contribution in [0, 0.1) is 23.7 Å². The Morgan fingerprint density at radius 1 is 1.16 bits per heavy atom. The van der Waals surface area contributed by atoms with Crippen molar-refractivity contribution < 1.29 is 22.7 Å². The molecule has 4 aliphatic rings. The van der Waals surface area contributed by atoms with Crippen LogP contribution in [0.3, 0.4) is 0 Å². The first-order valence-electron chi connectivity index (χ1n) is 16.1. The number of aryl methyl sites for hydroxylation is 1. The van der Waals surface area contributed by atoms with E-state index in [2.05, 4.69) is 33.9 Å². The molecule has 1 spiro atoms. The predicted molar refractivity (Wildman–Crippen MR) is 175 cm³/mol. The van der Waals surface area contributed by atoms with Gasteiger partial charge in [0.2, 0.25) is 10.0 Å². The third-order valence-electron chi connectivity index (χ3n) is 10.6. The Bertz CT molecular complexity index is 1540. The number of nitrogens with zero attached hydrogens (tertiary/aromatic N) is 1. The average Bonchev–Trinajstić information content (AvgIpc) is 3.10. The molecular formula is C35H45ClN2O5S. The second-order valence-electron chi connectivity index (χ2n) is 13.8. The first-order valence-corrected chi connectivity index (χ1v) is 18.0. The summed E-state index contributed by atoms with van der Waals surface area (Å²) < 4.78 is 42.3. The fourth-order valence-electron chi connectivity index (χ4n) is 8.33. The lowest BCUT2D eigenvalue weighted by atomic mass is 9.68. The van der Waals surface area contributed by atoms with E-state index in [1.807, 2.05) is 39.0 Å². The first kappa shape index (κ1) is 31.4. The van der Waals surface area contributed by atoms with Crippen molar-refractivity contribution in [2.75, 3.05) is 31.7 Å². The molecule has 2 bridgehead atoms. The molecule has 0 unspecified atom stereocenters. The lowest BCUT2D eigenvalue weighted by Gasteiger charge is -2.46. The van der Waals surface area contributed by atoms with Gasteiger partial charge in [0.15, 0.2) is 0 Å². The maximum atomic E-state index is 13.6. The molecule has 7 nitrogen and oxygen atoms in total. The number of sulfonamides is 1. The quantitative estimate of drug-likeness (QED) is 0.376. The van der Waals surface area contributed by atoms with Gasteiger partial charge in [0.1, 0.15) is 5.75 Å². The van der Waals surface area contributed by atoms with E-state index in [1.165, 1.54) is 11.1 Å². The molecule has 2 aliphatic heterocycles. The molecule has 0 radical (unpaired) electrons. The molecule has 1 fully saturated rings. The number of carbonyl (C=O) groups excluding carboxylic acids is 1. The largest absolute Gasteiger partial charge is 0.490 e. The fourth-order valence-corrected chi connectivity index (χ4v) is 10.5. The van der Waals surface area contributed by atoms with Crippen molar-refractivity contribution in [3.63, 3.8) is 0 Å². The number of ether oxygens (including phenoxy) is 2. The van der Waals surface area contributed by atoms with Gasteiger partial charge in [0.25, 0.3) is 5.91 Å². The molecule has 44 heavy (non-hydrogen) atoms. The highest BCUT2D eigenvalue weighted by atomic mass is 35.5. The summed E-state index contributed by atoms with van der Waals surface area (Å²) in [6, 6.07) is 11.6. The molecule has 6 atom stereocenters. The van der Waals surface area contributed by atoms with Crippen LogP contribution in [0.15, 0.2) is 48.6 Å². The SMILES string of the molecule is CO[C@H]1/C=C/C[C@@H](C)[C@@H](C(C)C)S(=O)(=O)NC(=O)c2ccc3c(c2)N(C[C@@H]2CC[C@H]21)C[C@@]1(CCCc2cc(Cl)ccc21)CO3. The third kappa shape index (κ3) is 5.90. The second-order valence-corrected chi connectivity index (χ2v) is 16.1. The van der Waals surface area contributed by atoms with Crippen molar-refractivity contribution >= 4 is 33.2 Å². The summed E-state index contributed by atoms with van der Waals surface area (Å²) in [6.07, 6.45) is 9.97. The van der Waals surface area contributed by atoms with Crippen LogP contribution in [0.5, 0.6) is 5.75 Å². The lowest BCUT2D eigenvalue weighted by Crippen LogP contribution is -2.49. The van der Waals surface area contributed by atoms with Gasteiger partial charge in [0.05, 0.1) is 23.6 Å². The maximum absolute atomic E-state index is 13.6. The van der Waals surface area contributed by atoms with Crippen LogP contribution < -0.4 is 14.4 Å². The van der Waals surface area contributed by atoms with E-state index >= 15 is 0 Å². The molecule has 2 aromatic rings. The predicted octanol–water partition coefficient (Wildman–Crippen LogP) is 6.53. The maximum Gasteiger partial charge on any atom is 0.264 e. The zero-order valence-corrected chi connectivity index (χ0v) is 27.8. The number of hydrogen-bond acceptors (Lipinski definition) is 6. The molecule has 238 valence electrons. The Labute approximate surface area is 267 Å². The van der Waals surface area contributed by atoms with E-state index in [4.69, 9.17) is 21.1 Å². The van der Waals surface area contributed by atoms with Crippen LogP contribution in [-0.4, -0.2) is 52.5 Å². The molecule has 1 saturated carbocycles. The minimum absolute atomic E-state index is 0.0387. The first-order chi connectivity index (χ1) is 21.0. The van der Waals surface area contributed by atoms with E-state index in [0.29, 0.717) is 30.4 Å². The molecule has 1 N–H and O–H groups in total. The van der Waals surface area contributed by atoms with Gasteiger partial charge in [-0.25, -0.2) is 13.1 Å². The van der Waals surface area contributed by atoms with Gasteiger partial charge in [-0.15, -0.1) is 0 Å². The Balaban J connectivity index is 1.44. The molecule has 0 saturated heterocycles. The summed E-state index contributed by atoms with van der Waals surface area (Å²) in [5.74, 6) is 0.530. The Kier molecular flexibility index (Phi) is 8.81. The second kappa shape index (κ2) is 12.3. The van der Waals surface area contributed by atoms with E-state index in [0.717, 1.165) is 61.7 Å². The van der Waals surface area contributed by atoms with Gasteiger partial charge < -0.3 is 14.4 Å². The van der Waals surface area contributed by atoms with Crippen LogP contribution in [0.1, 0.15) is 74.4 Å². The number of amides is 1. The zero-order chi connectivity index (χ0) is 31.2. The monoisotopic (exact) mass is 640 g/mol. The molecule has 6 rings (SSSR count). The number of methoxy groups -OCH3 is 1. The zero-order valence-electron chi connectivity index (χ0n) is 26.2. The van der Waals surface area contributed by atoms with Gasteiger partial charge in [-0.2, -0.15) is 0 Å². The number of nitrogens with one attached hydrogen (secondary N) is 1. The summed E-state index contributed by atoms with van der Waals surface area (Å²) >= 11 is 6.42. The normalized spacial score (nSPS) is 32.5. The number of rotatable bonds is 2. The minimum Gasteiger partial charge on any atom is -0.490 e.